The number of carboxylic acids is 1. The minimum absolute atomic E-state index is 0.0815. The predicted octanol–water partition coefficient (Wildman–Crippen LogP) is 3.20. The molecular weight excluding hydrogens is 428 g/mol. The normalized spacial score (nSPS) is 17.6. The van der Waals surface area contributed by atoms with Crippen molar-refractivity contribution in [1.29, 1.82) is 0 Å². The van der Waals surface area contributed by atoms with Crippen molar-refractivity contribution in [3.63, 3.8) is 0 Å². The molecule has 160 valence electrons. The van der Waals surface area contributed by atoms with Gasteiger partial charge in [-0.05, 0) is 43.3 Å². The Labute approximate surface area is 178 Å². The van der Waals surface area contributed by atoms with Crippen molar-refractivity contribution in [2.24, 2.45) is 0 Å². The molecule has 0 aromatic heterocycles. The number of carbonyl (C=O) groups excluding carboxylic acids is 1. The Hall–Kier alpha value is -2.72. The van der Waals surface area contributed by atoms with Crippen molar-refractivity contribution in [3.05, 3.63) is 47.5 Å². The fraction of sp³-hybridized carbons (Fsp3) is 0.300. The summed E-state index contributed by atoms with van der Waals surface area (Å²) in [5.74, 6) is -0.164. The quantitative estimate of drug-likeness (QED) is 0.520. The minimum atomic E-state index is -3.40. The standard InChI is InChI=1S/C20H22N2O6S2/c1-12(23)13-4-7-18(28-2)14(8-13)11-29-20(10-19(24)25)21-16-6-5-15(30(3,26)27)9-17(16)22-20/h4-9,21-22H,10-11H2,1-3H3,(H,24,25). The number of carboxylic acid groups (broad SMARTS) is 1. The van der Waals surface area contributed by atoms with Crippen molar-refractivity contribution >= 4 is 44.7 Å². The van der Waals surface area contributed by atoms with Crippen LogP contribution < -0.4 is 15.4 Å². The predicted molar refractivity (Wildman–Crippen MR) is 116 cm³/mol. The minimum Gasteiger partial charge on any atom is -0.496 e. The van der Waals surface area contributed by atoms with Crippen LogP contribution in [0, 0.1) is 0 Å². The van der Waals surface area contributed by atoms with Crippen LogP contribution in [0.4, 0.5) is 11.4 Å². The van der Waals surface area contributed by atoms with Crippen LogP contribution in [0.1, 0.15) is 29.3 Å². The van der Waals surface area contributed by atoms with Gasteiger partial charge in [0.2, 0.25) is 0 Å². The number of fused-ring (bicyclic) bond motifs is 1. The first-order valence-electron chi connectivity index (χ1n) is 8.97. The molecule has 8 nitrogen and oxygen atoms in total. The van der Waals surface area contributed by atoms with E-state index in [2.05, 4.69) is 10.6 Å². The lowest BCUT2D eigenvalue weighted by atomic mass is 10.1. The Bertz CT molecular complexity index is 1120. The molecule has 0 saturated carbocycles. The Morgan fingerprint density at radius 3 is 2.43 bits per heavy atom. The van der Waals surface area contributed by atoms with Gasteiger partial charge in [0.15, 0.2) is 20.6 Å². The first-order valence-corrected chi connectivity index (χ1v) is 11.8. The van der Waals surface area contributed by atoms with E-state index in [4.69, 9.17) is 4.74 Å². The highest BCUT2D eigenvalue weighted by atomic mass is 32.2. The summed E-state index contributed by atoms with van der Waals surface area (Å²) >= 11 is 1.29. The molecule has 1 heterocycles. The highest BCUT2D eigenvalue weighted by Gasteiger charge is 2.39. The van der Waals surface area contributed by atoms with Crippen LogP contribution in [-0.2, 0) is 20.4 Å². The summed E-state index contributed by atoms with van der Waals surface area (Å²) in [7, 11) is -1.87. The number of nitrogens with one attached hydrogen (secondary N) is 2. The van der Waals surface area contributed by atoms with E-state index in [0.717, 1.165) is 11.8 Å². The van der Waals surface area contributed by atoms with Crippen molar-refractivity contribution in [2.45, 2.75) is 29.0 Å². The van der Waals surface area contributed by atoms with Crippen LogP contribution in [0.3, 0.4) is 0 Å². The second-order valence-corrected chi connectivity index (χ2v) is 10.3. The lowest BCUT2D eigenvalue weighted by Gasteiger charge is -2.29. The molecule has 0 radical (unpaired) electrons. The van der Waals surface area contributed by atoms with Crippen LogP contribution in [0.5, 0.6) is 5.75 Å². The molecule has 0 fully saturated rings. The molecule has 30 heavy (non-hydrogen) atoms. The molecule has 0 spiro atoms. The van der Waals surface area contributed by atoms with E-state index in [9.17, 15) is 23.1 Å². The van der Waals surface area contributed by atoms with E-state index in [0.29, 0.717) is 28.4 Å². The van der Waals surface area contributed by atoms with Crippen molar-refractivity contribution < 1.29 is 27.9 Å². The molecule has 1 aliphatic heterocycles. The van der Waals surface area contributed by atoms with Crippen LogP contribution >= 0.6 is 11.8 Å². The van der Waals surface area contributed by atoms with Gasteiger partial charge in [0.05, 0.1) is 29.8 Å². The molecule has 0 aliphatic carbocycles. The van der Waals surface area contributed by atoms with Gasteiger partial charge in [-0.2, -0.15) is 0 Å². The van der Waals surface area contributed by atoms with Crippen molar-refractivity contribution in [1.82, 2.24) is 0 Å². The molecule has 2 aromatic rings. The Morgan fingerprint density at radius 2 is 1.83 bits per heavy atom. The summed E-state index contributed by atoms with van der Waals surface area (Å²) in [6.07, 6.45) is 0.847. The Balaban J connectivity index is 1.90. The van der Waals surface area contributed by atoms with Gasteiger partial charge in [-0.3, -0.25) is 9.59 Å². The van der Waals surface area contributed by atoms with E-state index in [1.807, 2.05) is 0 Å². The average molecular weight is 451 g/mol. The monoisotopic (exact) mass is 450 g/mol. The van der Waals surface area contributed by atoms with E-state index in [1.54, 1.807) is 24.3 Å². The van der Waals surface area contributed by atoms with Gasteiger partial charge in [0.25, 0.3) is 0 Å². The van der Waals surface area contributed by atoms with Gasteiger partial charge in [0, 0.05) is 23.1 Å². The molecule has 0 amide bonds. The molecular formula is C20H22N2O6S2. The van der Waals surface area contributed by atoms with E-state index < -0.39 is 20.8 Å². The number of hydrogen-bond donors (Lipinski definition) is 3. The zero-order chi connectivity index (χ0) is 22.1. The number of aliphatic carboxylic acids is 1. The number of hydrogen-bond acceptors (Lipinski definition) is 8. The third kappa shape index (κ3) is 4.71. The molecule has 10 heteroatoms. The third-order valence-electron chi connectivity index (χ3n) is 4.65. The van der Waals surface area contributed by atoms with Gasteiger partial charge in [-0.25, -0.2) is 8.42 Å². The number of methoxy groups -OCH3 is 1. The summed E-state index contributed by atoms with van der Waals surface area (Å²) in [5, 5.41) is 15.8. The van der Waals surface area contributed by atoms with E-state index in [-0.39, 0.29) is 17.1 Å². The molecule has 3 rings (SSSR count). The Kier molecular flexibility index (Phi) is 6.00. The van der Waals surface area contributed by atoms with Crippen LogP contribution in [-0.4, -0.2) is 43.6 Å². The average Bonchev–Trinajstić information content (AvgIpc) is 3.02. The van der Waals surface area contributed by atoms with Gasteiger partial charge >= 0.3 is 5.97 Å². The van der Waals surface area contributed by atoms with Gasteiger partial charge in [-0.1, -0.05) is 0 Å². The molecule has 2 aromatic carbocycles. The Morgan fingerprint density at radius 1 is 1.13 bits per heavy atom. The number of ketones is 1. The summed E-state index contributed by atoms with van der Waals surface area (Å²) in [6, 6.07) is 9.69. The number of ether oxygens (including phenoxy) is 1. The number of anilines is 2. The SMILES string of the molecule is COc1ccc(C(C)=O)cc1CSC1(CC(=O)O)Nc2ccc(S(C)(=O)=O)cc2N1. The van der Waals surface area contributed by atoms with E-state index >= 15 is 0 Å². The second kappa shape index (κ2) is 8.19. The van der Waals surface area contributed by atoms with Gasteiger partial charge in [0.1, 0.15) is 5.75 Å². The fourth-order valence-electron chi connectivity index (χ4n) is 3.17. The summed E-state index contributed by atoms with van der Waals surface area (Å²) in [6.45, 7) is 1.47. The lowest BCUT2D eigenvalue weighted by molar-refractivity contribution is -0.137. The third-order valence-corrected chi connectivity index (χ3v) is 7.06. The number of Topliss-reactive ketones (excluding diaryl/α,β-unsaturated/α-hetero) is 1. The van der Waals surface area contributed by atoms with Crippen molar-refractivity contribution in [2.75, 3.05) is 24.0 Å². The summed E-state index contributed by atoms with van der Waals surface area (Å²) in [4.78, 5) is 22.3. The van der Waals surface area contributed by atoms with E-state index in [1.165, 1.54) is 37.9 Å². The summed E-state index contributed by atoms with van der Waals surface area (Å²) in [5.41, 5.74) is 2.40. The number of sulfone groups is 1. The maximum absolute atomic E-state index is 11.9. The molecule has 0 bridgehead atoms. The van der Waals surface area contributed by atoms with Crippen LogP contribution in [0.15, 0.2) is 41.3 Å². The largest absolute Gasteiger partial charge is 0.496 e. The van der Waals surface area contributed by atoms with Gasteiger partial charge < -0.3 is 20.5 Å². The second-order valence-electron chi connectivity index (χ2n) is 7.00. The van der Waals surface area contributed by atoms with Crippen LogP contribution in [0.25, 0.3) is 0 Å². The first-order chi connectivity index (χ1) is 14.0. The maximum atomic E-state index is 11.9. The molecule has 0 saturated heterocycles. The maximum Gasteiger partial charge on any atom is 0.308 e. The van der Waals surface area contributed by atoms with Crippen LogP contribution in [0.2, 0.25) is 0 Å². The number of rotatable bonds is 8. The van der Waals surface area contributed by atoms with Gasteiger partial charge in [-0.15, -0.1) is 11.8 Å². The molecule has 1 atom stereocenters. The highest BCUT2D eigenvalue weighted by Crippen LogP contribution is 2.44. The molecule has 1 aliphatic rings. The fourth-order valence-corrected chi connectivity index (χ4v) is 5.03. The topological polar surface area (TPSA) is 122 Å². The zero-order valence-corrected chi connectivity index (χ0v) is 18.3. The number of benzene rings is 2. The zero-order valence-electron chi connectivity index (χ0n) is 16.7. The molecule has 1 unspecified atom stereocenters. The van der Waals surface area contributed by atoms with Crippen molar-refractivity contribution in [3.8, 4) is 5.75 Å². The number of carbonyl (C=O) groups is 2. The molecule has 3 N–H and O–H groups in total. The lowest BCUT2D eigenvalue weighted by Crippen LogP contribution is -2.40. The number of thioether (sulfide) groups is 1. The highest BCUT2D eigenvalue weighted by molar-refractivity contribution is 8.00. The summed E-state index contributed by atoms with van der Waals surface area (Å²) < 4.78 is 29.1. The first kappa shape index (κ1) is 22.0. The smallest absolute Gasteiger partial charge is 0.308 e.